The van der Waals surface area contributed by atoms with Gasteiger partial charge in [0, 0.05) is 0 Å². The van der Waals surface area contributed by atoms with E-state index in [0.717, 1.165) is 17.5 Å². The summed E-state index contributed by atoms with van der Waals surface area (Å²) in [6.45, 7) is 0. The Morgan fingerprint density at radius 1 is 1.33 bits per heavy atom. The van der Waals surface area contributed by atoms with Gasteiger partial charge in [-0.05, 0) is 52.8 Å². The maximum atomic E-state index is 11.8. The van der Waals surface area contributed by atoms with Crippen LogP contribution < -0.4 is 0 Å². The zero-order valence-corrected chi connectivity index (χ0v) is 10.7. The minimum atomic E-state index is -0.725. The molecule has 1 aliphatic rings. The number of carbonyl (C=O) groups is 1. The van der Waals surface area contributed by atoms with Crippen LogP contribution in [0.2, 0.25) is 0 Å². The molecular formula is C15H14O2S. The van der Waals surface area contributed by atoms with Crippen LogP contribution in [0.25, 0.3) is 0 Å². The topological polar surface area (TPSA) is 37.3 Å². The van der Waals surface area contributed by atoms with Crippen molar-refractivity contribution in [3.8, 4) is 0 Å². The van der Waals surface area contributed by atoms with Crippen LogP contribution in [-0.4, -0.2) is 11.1 Å². The molecule has 2 aromatic rings. The SMILES string of the molecule is O=C(O)C1(Cc2ccsc2)CCc2ccccc21. The first-order valence-electron chi connectivity index (χ1n) is 6.05. The van der Waals surface area contributed by atoms with Gasteiger partial charge in [-0.25, -0.2) is 0 Å². The van der Waals surface area contributed by atoms with Crippen molar-refractivity contribution in [1.82, 2.24) is 0 Å². The van der Waals surface area contributed by atoms with E-state index in [4.69, 9.17) is 0 Å². The molecule has 0 spiro atoms. The van der Waals surface area contributed by atoms with E-state index in [2.05, 4.69) is 0 Å². The lowest BCUT2D eigenvalue weighted by atomic mass is 9.77. The Morgan fingerprint density at radius 3 is 2.89 bits per heavy atom. The van der Waals surface area contributed by atoms with Gasteiger partial charge in [-0.3, -0.25) is 4.79 Å². The molecule has 0 saturated carbocycles. The Kier molecular flexibility index (Phi) is 2.71. The fourth-order valence-corrected chi connectivity index (χ4v) is 3.58. The van der Waals surface area contributed by atoms with E-state index in [0.29, 0.717) is 12.8 Å². The van der Waals surface area contributed by atoms with Crippen LogP contribution in [-0.2, 0) is 23.1 Å². The molecular weight excluding hydrogens is 244 g/mol. The fourth-order valence-electron chi connectivity index (χ4n) is 2.91. The summed E-state index contributed by atoms with van der Waals surface area (Å²) in [6, 6.07) is 9.98. The molecule has 1 aliphatic carbocycles. The maximum absolute atomic E-state index is 11.8. The number of aliphatic carboxylic acids is 1. The monoisotopic (exact) mass is 258 g/mol. The van der Waals surface area contributed by atoms with Crippen molar-refractivity contribution in [1.29, 1.82) is 0 Å². The normalized spacial score (nSPS) is 21.8. The van der Waals surface area contributed by atoms with Crippen molar-refractivity contribution in [2.24, 2.45) is 0 Å². The third kappa shape index (κ3) is 1.66. The zero-order valence-electron chi connectivity index (χ0n) is 9.93. The van der Waals surface area contributed by atoms with Gasteiger partial charge >= 0.3 is 5.97 Å². The molecule has 1 unspecified atom stereocenters. The van der Waals surface area contributed by atoms with Crippen LogP contribution in [0.3, 0.4) is 0 Å². The average molecular weight is 258 g/mol. The number of hydrogen-bond acceptors (Lipinski definition) is 2. The molecule has 3 rings (SSSR count). The number of carboxylic acid groups (broad SMARTS) is 1. The second-order valence-electron chi connectivity index (χ2n) is 4.85. The summed E-state index contributed by atoms with van der Waals surface area (Å²) in [5.74, 6) is -0.696. The lowest BCUT2D eigenvalue weighted by molar-refractivity contribution is -0.143. The van der Waals surface area contributed by atoms with E-state index in [1.165, 1.54) is 5.56 Å². The van der Waals surface area contributed by atoms with Gasteiger partial charge in [-0.15, -0.1) is 0 Å². The molecule has 0 saturated heterocycles. The van der Waals surface area contributed by atoms with Crippen LogP contribution in [0.5, 0.6) is 0 Å². The highest BCUT2D eigenvalue weighted by atomic mass is 32.1. The Hall–Kier alpha value is -1.61. The summed E-state index contributed by atoms with van der Waals surface area (Å²) in [5.41, 5.74) is 2.59. The first-order valence-corrected chi connectivity index (χ1v) is 6.99. The maximum Gasteiger partial charge on any atom is 0.314 e. The summed E-state index contributed by atoms with van der Waals surface area (Å²) < 4.78 is 0. The van der Waals surface area contributed by atoms with E-state index < -0.39 is 11.4 Å². The van der Waals surface area contributed by atoms with E-state index in [1.54, 1.807) is 11.3 Å². The van der Waals surface area contributed by atoms with E-state index in [9.17, 15) is 9.90 Å². The molecule has 2 nitrogen and oxygen atoms in total. The smallest absolute Gasteiger partial charge is 0.314 e. The third-order valence-corrected chi connectivity index (χ3v) is 4.58. The molecule has 1 atom stereocenters. The first-order chi connectivity index (χ1) is 8.72. The van der Waals surface area contributed by atoms with Gasteiger partial charge in [-0.2, -0.15) is 11.3 Å². The van der Waals surface area contributed by atoms with Crippen molar-refractivity contribution in [3.05, 3.63) is 57.8 Å². The molecule has 0 bridgehead atoms. The van der Waals surface area contributed by atoms with Crippen LogP contribution in [0.1, 0.15) is 23.1 Å². The second kappa shape index (κ2) is 4.25. The minimum Gasteiger partial charge on any atom is -0.481 e. The largest absolute Gasteiger partial charge is 0.481 e. The van der Waals surface area contributed by atoms with Crippen LogP contribution in [0, 0.1) is 0 Å². The molecule has 0 aliphatic heterocycles. The number of rotatable bonds is 3. The Labute approximate surface area is 110 Å². The molecule has 1 N–H and O–H groups in total. The summed E-state index contributed by atoms with van der Waals surface area (Å²) in [4.78, 5) is 11.8. The number of carboxylic acids is 1. The highest BCUT2D eigenvalue weighted by Crippen LogP contribution is 2.42. The van der Waals surface area contributed by atoms with Crippen molar-refractivity contribution in [2.45, 2.75) is 24.7 Å². The molecule has 1 aromatic carbocycles. The molecule has 0 radical (unpaired) electrons. The van der Waals surface area contributed by atoms with E-state index in [1.807, 2.05) is 41.1 Å². The number of fused-ring (bicyclic) bond motifs is 1. The average Bonchev–Trinajstić information content (AvgIpc) is 2.99. The molecule has 3 heteroatoms. The highest BCUT2D eigenvalue weighted by molar-refractivity contribution is 7.07. The van der Waals surface area contributed by atoms with Crippen molar-refractivity contribution in [3.63, 3.8) is 0 Å². The summed E-state index contributed by atoms with van der Waals surface area (Å²) in [7, 11) is 0. The number of aryl methyl sites for hydroxylation is 1. The van der Waals surface area contributed by atoms with Gasteiger partial charge in [0.25, 0.3) is 0 Å². The van der Waals surface area contributed by atoms with Gasteiger partial charge in [0.1, 0.15) is 0 Å². The van der Waals surface area contributed by atoms with Gasteiger partial charge in [0.2, 0.25) is 0 Å². The molecule has 92 valence electrons. The first kappa shape index (κ1) is 11.5. The van der Waals surface area contributed by atoms with Crippen molar-refractivity contribution in [2.75, 3.05) is 0 Å². The number of hydrogen-bond donors (Lipinski definition) is 1. The second-order valence-corrected chi connectivity index (χ2v) is 5.63. The number of thiophene rings is 1. The van der Waals surface area contributed by atoms with Crippen molar-refractivity contribution >= 4 is 17.3 Å². The third-order valence-electron chi connectivity index (χ3n) is 3.85. The van der Waals surface area contributed by atoms with Crippen LogP contribution in [0.4, 0.5) is 0 Å². The predicted molar refractivity (Wildman–Crippen MR) is 72.1 cm³/mol. The Balaban J connectivity index is 2.07. The number of benzene rings is 1. The van der Waals surface area contributed by atoms with Crippen molar-refractivity contribution < 1.29 is 9.90 Å². The van der Waals surface area contributed by atoms with Crippen LogP contribution in [0.15, 0.2) is 41.1 Å². The van der Waals surface area contributed by atoms with Crippen LogP contribution >= 0.6 is 11.3 Å². The standard InChI is InChI=1S/C15H14O2S/c16-14(17)15(9-11-6-8-18-10-11)7-5-12-3-1-2-4-13(12)15/h1-4,6,8,10H,5,7,9H2,(H,16,17). The van der Waals surface area contributed by atoms with Gasteiger partial charge < -0.3 is 5.11 Å². The minimum absolute atomic E-state index is 0.600. The summed E-state index contributed by atoms with van der Waals surface area (Å²) in [5, 5.41) is 13.8. The zero-order chi connectivity index (χ0) is 12.6. The molecule has 1 heterocycles. The highest BCUT2D eigenvalue weighted by Gasteiger charge is 2.45. The molecule has 1 aromatic heterocycles. The predicted octanol–water partition coefficient (Wildman–Crippen LogP) is 3.26. The quantitative estimate of drug-likeness (QED) is 0.917. The van der Waals surface area contributed by atoms with E-state index in [-0.39, 0.29) is 0 Å². The lowest BCUT2D eigenvalue weighted by Gasteiger charge is -2.25. The fraction of sp³-hybridized carbons (Fsp3) is 0.267. The molecule has 0 amide bonds. The van der Waals surface area contributed by atoms with Gasteiger partial charge in [0.15, 0.2) is 0 Å². The summed E-state index contributed by atoms with van der Waals surface area (Å²) in [6.07, 6.45) is 2.17. The Bertz CT molecular complexity index is 574. The Morgan fingerprint density at radius 2 is 2.17 bits per heavy atom. The summed E-state index contributed by atoms with van der Waals surface area (Å²) >= 11 is 1.62. The molecule has 0 fully saturated rings. The van der Waals surface area contributed by atoms with Gasteiger partial charge in [-0.1, -0.05) is 24.3 Å². The lowest BCUT2D eigenvalue weighted by Crippen LogP contribution is -2.35. The van der Waals surface area contributed by atoms with Gasteiger partial charge in [0.05, 0.1) is 5.41 Å². The molecule has 18 heavy (non-hydrogen) atoms. The van der Waals surface area contributed by atoms with E-state index >= 15 is 0 Å².